The van der Waals surface area contributed by atoms with E-state index < -0.39 is 0 Å². The average molecular weight is 348 g/mol. The van der Waals surface area contributed by atoms with Crippen LogP contribution >= 0.6 is 15.9 Å². The molecule has 0 spiro atoms. The maximum absolute atomic E-state index is 12.0. The number of hydrogen-bond donors (Lipinski definition) is 2. The highest BCUT2D eigenvalue weighted by Gasteiger charge is 2.11. The molecule has 0 saturated heterocycles. The van der Waals surface area contributed by atoms with Crippen LogP contribution in [0.2, 0.25) is 0 Å². The second-order valence-corrected chi connectivity index (χ2v) is 5.39. The second-order valence-electron chi connectivity index (χ2n) is 4.47. The van der Waals surface area contributed by atoms with E-state index in [4.69, 9.17) is 5.26 Å². The zero-order valence-corrected chi connectivity index (χ0v) is 13.0. The van der Waals surface area contributed by atoms with Crippen molar-refractivity contribution in [2.45, 2.75) is 19.4 Å². The lowest BCUT2D eigenvalue weighted by atomic mass is 10.2. The van der Waals surface area contributed by atoms with E-state index in [1.807, 2.05) is 18.2 Å². The molecule has 7 heteroatoms. The molecule has 108 valence electrons. The summed E-state index contributed by atoms with van der Waals surface area (Å²) in [5.74, 6) is 0. The first-order valence-electron chi connectivity index (χ1n) is 6.34. The number of nitrogens with zero attached hydrogens (tertiary/aromatic N) is 3. The molecule has 2 amide bonds. The summed E-state index contributed by atoms with van der Waals surface area (Å²) in [5, 5.41) is 18.2. The van der Waals surface area contributed by atoms with Gasteiger partial charge in [0.25, 0.3) is 0 Å². The first-order chi connectivity index (χ1) is 10.1. The number of carbonyl (C=O) groups excluding carboxylic acids is 1. The summed E-state index contributed by atoms with van der Waals surface area (Å²) in [7, 11) is 0. The lowest BCUT2D eigenvalue weighted by Crippen LogP contribution is -2.36. The largest absolute Gasteiger partial charge is 0.334 e. The van der Waals surface area contributed by atoms with Gasteiger partial charge >= 0.3 is 6.03 Å². The summed E-state index contributed by atoms with van der Waals surface area (Å²) in [6, 6.07) is 8.78. The molecule has 1 aromatic heterocycles. The number of nitriles is 1. The summed E-state index contributed by atoms with van der Waals surface area (Å²) in [6.07, 6.45) is 3.73. The van der Waals surface area contributed by atoms with Crippen molar-refractivity contribution in [2.24, 2.45) is 0 Å². The van der Waals surface area contributed by atoms with E-state index in [0.717, 1.165) is 10.2 Å². The molecular formula is C14H14BrN5O. The van der Waals surface area contributed by atoms with E-state index in [1.54, 1.807) is 36.1 Å². The minimum Gasteiger partial charge on any atom is -0.334 e. The molecule has 1 atom stereocenters. The van der Waals surface area contributed by atoms with Crippen molar-refractivity contribution >= 4 is 27.6 Å². The Labute approximate surface area is 130 Å². The fourth-order valence-electron chi connectivity index (χ4n) is 1.79. The van der Waals surface area contributed by atoms with Crippen LogP contribution in [0.1, 0.15) is 13.3 Å². The fourth-order valence-corrected chi connectivity index (χ4v) is 2.15. The van der Waals surface area contributed by atoms with E-state index in [9.17, 15) is 4.79 Å². The lowest BCUT2D eigenvalue weighted by Gasteiger charge is -2.14. The van der Waals surface area contributed by atoms with Crippen molar-refractivity contribution in [3.8, 4) is 11.8 Å². The number of nitrogens with one attached hydrogen (secondary N) is 2. The van der Waals surface area contributed by atoms with Crippen LogP contribution in [0.15, 0.2) is 41.1 Å². The molecule has 0 saturated carbocycles. The molecule has 0 bridgehead atoms. The Kier molecular flexibility index (Phi) is 4.95. The Bertz CT molecular complexity index is 662. The summed E-state index contributed by atoms with van der Waals surface area (Å²) in [4.78, 5) is 12.0. The Morgan fingerprint density at radius 3 is 3.05 bits per heavy atom. The molecule has 0 fully saturated rings. The van der Waals surface area contributed by atoms with Crippen LogP contribution in [0.4, 0.5) is 10.5 Å². The maximum atomic E-state index is 12.0. The van der Waals surface area contributed by atoms with E-state index in [1.165, 1.54) is 0 Å². The molecule has 0 aliphatic rings. The van der Waals surface area contributed by atoms with E-state index in [2.05, 4.69) is 31.7 Å². The molecule has 2 rings (SSSR count). The van der Waals surface area contributed by atoms with Gasteiger partial charge in [-0.05, 0) is 31.2 Å². The number of carbonyl (C=O) groups is 1. The molecule has 6 nitrogen and oxygen atoms in total. The van der Waals surface area contributed by atoms with Crippen molar-refractivity contribution in [1.82, 2.24) is 15.1 Å². The van der Waals surface area contributed by atoms with Gasteiger partial charge in [0.1, 0.15) is 0 Å². The molecule has 0 radical (unpaired) electrons. The average Bonchev–Trinajstić information content (AvgIpc) is 2.92. The first kappa shape index (κ1) is 15.1. The van der Waals surface area contributed by atoms with E-state index in [0.29, 0.717) is 5.69 Å². The molecule has 2 aromatic rings. The smallest absolute Gasteiger partial charge is 0.319 e. The topological polar surface area (TPSA) is 82.7 Å². The summed E-state index contributed by atoms with van der Waals surface area (Å²) in [6.45, 7) is 1.78. The van der Waals surface area contributed by atoms with Crippen LogP contribution in [-0.4, -0.2) is 21.9 Å². The van der Waals surface area contributed by atoms with Gasteiger partial charge in [-0.25, -0.2) is 9.48 Å². The monoisotopic (exact) mass is 347 g/mol. The Morgan fingerprint density at radius 2 is 2.38 bits per heavy atom. The van der Waals surface area contributed by atoms with E-state index >= 15 is 0 Å². The molecule has 1 aromatic carbocycles. The van der Waals surface area contributed by atoms with Gasteiger partial charge in [0, 0.05) is 22.9 Å². The molecule has 0 aliphatic carbocycles. The first-order valence-corrected chi connectivity index (χ1v) is 7.13. The maximum Gasteiger partial charge on any atom is 0.319 e. The minimum atomic E-state index is -0.357. The van der Waals surface area contributed by atoms with Gasteiger partial charge in [-0.1, -0.05) is 15.9 Å². The third-order valence-electron chi connectivity index (χ3n) is 2.73. The van der Waals surface area contributed by atoms with Gasteiger partial charge < -0.3 is 10.6 Å². The summed E-state index contributed by atoms with van der Waals surface area (Å²) < 4.78 is 2.51. The van der Waals surface area contributed by atoms with Crippen LogP contribution < -0.4 is 10.6 Å². The highest BCUT2D eigenvalue weighted by atomic mass is 79.9. The van der Waals surface area contributed by atoms with Gasteiger partial charge in [0.15, 0.2) is 0 Å². The van der Waals surface area contributed by atoms with Gasteiger partial charge in [-0.2, -0.15) is 10.4 Å². The second kappa shape index (κ2) is 6.90. The van der Waals surface area contributed by atoms with Crippen molar-refractivity contribution < 1.29 is 4.79 Å². The number of benzene rings is 1. The number of amides is 2. The predicted molar refractivity (Wildman–Crippen MR) is 83.1 cm³/mol. The van der Waals surface area contributed by atoms with Crippen molar-refractivity contribution in [3.05, 3.63) is 41.1 Å². The normalized spacial score (nSPS) is 11.5. The minimum absolute atomic E-state index is 0.213. The summed E-state index contributed by atoms with van der Waals surface area (Å²) >= 11 is 3.38. The Morgan fingerprint density at radius 1 is 1.57 bits per heavy atom. The van der Waals surface area contributed by atoms with Crippen molar-refractivity contribution in [3.63, 3.8) is 0 Å². The number of halogens is 1. The van der Waals surface area contributed by atoms with Crippen molar-refractivity contribution in [2.75, 3.05) is 5.32 Å². The number of hydrogen-bond acceptors (Lipinski definition) is 3. The predicted octanol–water partition coefficient (Wildman–Crippen LogP) is 3.06. The Hall–Kier alpha value is -2.33. The highest BCUT2D eigenvalue weighted by Crippen LogP contribution is 2.24. The van der Waals surface area contributed by atoms with E-state index in [-0.39, 0.29) is 18.5 Å². The van der Waals surface area contributed by atoms with Gasteiger partial charge in [0.05, 0.1) is 23.9 Å². The molecule has 0 unspecified atom stereocenters. The number of urea groups is 1. The van der Waals surface area contributed by atoms with Gasteiger partial charge in [-0.15, -0.1) is 0 Å². The molecular weight excluding hydrogens is 334 g/mol. The SMILES string of the molecule is C[C@H](CC#N)NC(=O)Nc1cc(Br)ccc1-n1cccn1. The van der Waals surface area contributed by atoms with Gasteiger partial charge in [0.2, 0.25) is 0 Å². The van der Waals surface area contributed by atoms with Crippen LogP contribution in [0.25, 0.3) is 5.69 Å². The molecule has 21 heavy (non-hydrogen) atoms. The lowest BCUT2D eigenvalue weighted by molar-refractivity contribution is 0.249. The number of aromatic nitrogens is 2. The number of anilines is 1. The quantitative estimate of drug-likeness (QED) is 0.891. The number of rotatable bonds is 4. The standard InChI is InChI=1S/C14H14BrN5O/c1-10(5-6-16)18-14(21)19-12-9-11(15)3-4-13(12)20-8-2-7-17-20/h2-4,7-10H,5H2,1H3,(H2,18,19,21)/t10-/m1/s1. The third kappa shape index (κ3) is 4.07. The van der Waals surface area contributed by atoms with Crippen LogP contribution in [0.3, 0.4) is 0 Å². The van der Waals surface area contributed by atoms with Crippen LogP contribution in [-0.2, 0) is 0 Å². The molecule has 0 aliphatic heterocycles. The fraction of sp³-hybridized carbons (Fsp3) is 0.214. The van der Waals surface area contributed by atoms with Crippen LogP contribution in [0.5, 0.6) is 0 Å². The van der Waals surface area contributed by atoms with Gasteiger partial charge in [-0.3, -0.25) is 0 Å². The molecule has 1 heterocycles. The van der Waals surface area contributed by atoms with Crippen LogP contribution in [0, 0.1) is 11.3 Å². The summed E-state index contributed by atoms with van der Waals surface area (Å²) in [5.41, 5.74) is 1.38. The van der Waals surface area contributed by atoms with Crippen molar-refractivity contribution in [1.29, 1.82) is 5.26 Å². The molecule has 2 N–H and O–H groups in total. The Balaban J connectivity index is 2.18. The zero-order chi connectivity index (χ0) is 15.2. The highest BCUT2D eigenvalue weighted by molar-refractivity contribution is 9.10. The zero-order valence-electron chi connectivity index (χ0n) is 11.4. The third-order valence-corrected chi connectivity index (χ3v) is 3.23.